The van der Waals surface area contributed by atoms with Crippen LogP contribution in [0.4, 0.5) is 0 Å². The molecule has 2 atom stereocenters. The number of rotatable bonds is 82. The Morgan fingerprint density at radius 2 is 0.537 bits per heavy atom. The molecule has 0 aromatic rings. The van der Waals surface area contributed by atoms with E-state index in [1.165, 1.54) is 398 Å². The minimum atomic E-state index is -1.62. The molecule has 9 nitrogen and oxygen atoms in total. The summed E-state index contributed by atoms with van der Waals surface area (Å²) < 4.78 is 22.9. The molecule has 0 aliphatic heterocycles. The van der Waals surface area contributed by atoms with Gasteiger partial charge in [0, 0.05) is 12.8 Å². The van der Waals surface area contributed by atoms with Gasteiger partial charge in [-0.3, -0.25) is 9.59 Å². The summed E-state index contributed by atoms with van der Waals surface area (Å²) in [5, 5.41) is 11.9. The van der Waals surface area contributed by atoms with Crippen LogP contribution in [0.5, 0.6) is 0 Å². The minimum Gasteiger partial charge on any atom is -0.545 e. The number of likely N-dealkylation sites (N-methyl/N-ethyl adjacent to an activating group) is 1. The van der Waals surface area contributed by atoms with Gasteiger partial charge in [-0.1, -0.05) is 424 Å². The first-order valence-electron chi connectivity index (χ1n) is 42.8. The van der Waals surface area contributed by atoms with Crippen LogP contribution >= 0.6 is 0 Å². The van der Waals surface area contributed by atoms with Crippen molar-refractivity contribution in [3.8, 4) is 0 Å². The Labute approximate surface area is 593 Å². The van der Waals surface area contributed by atoms with Crippen molar-refractivity contribution in [2.75, 3.05) is 47.5 Å². The molecule has 0 N–H and O–H groups in total. The van der Waals surface area contributed by atoms with Crippen LogP contribution in [0.15, 0.2) is 12.2 Å². The van der Waals surface area contributed by atoms with Gasteiger partial charge in [0.2, 0.25) is 0 Å². The van der Waals surface area contributed by atoms with Gasteiger partial charge in [-0.25, -0.2) is 0 Å². The summed E-state index contributed by atoms with van der Waals surface area (Å²) in [4.78, 5) is 37.6. The van der Waals surface area contributed by atoms with Crippen LogP contribution in [-0.4, -0.2) is 82.3 Å². The number of esters is 2. The number of aliphatic carboxylic acids is 1. The van der Waals surface area contributed by atoms with Gasteiger partial charge in [-0.15, -0.1) is 0 Å². The van der Waals surface area contributed by atoms with Crippen molar-refractivity contribution in [3.63, 3.8) is 0 Å². The van der Waals surface area contributed by atoms with Crippen molar-refractivity contribution in [2.45, 2.75) is 476 Å². The molecule has 0 fully saturated rings. The summed E-state index contributed by atoms with van der Waals surface area (Å²) in [6, 6.07) is 0. The van der Waals surface area contributed by atoms with E-state index in [0.717, 1.165) is 38.5 Å². The molecule has 9 heteroatoms. The van der Waals surface area contributed by atoms with Gasteiger partial charge in [0.15, 0.2) is 12.4 Å². The molecule has 2 unspecified atom stereocenters. The smallest absolute Gasteiger partial charge is 0.306 e. The van der Waals surface area contributed by atoms with E-state index in [4.69, 9.17) is 18.9 Å². The lowest BCUT2D eigenvalue weighted by Crippen LogP contribution is -2.44. The lowest BCUT2D eigenvalue weighted by atomic mass is 10.0. The number of ether oxygens (including phenoxy) is 4. The number of carboxylic acid groups (broad SMARTS) is 1. The zero-order chi connectivity index (χ0) is 69.0. The lowest BCUT2D eigenvalue weighted by molar-refractivity contribution is -0.870. The summed E-state index contributed by atoms with van der Waals surface area (Å²) in [6.45, 7) is 4.85. The van der Waals surface area contributed by atoms with Crippen LogP contribution in [0.3, 0.4) is 0 Å². The second-order valence-corrected chi connectivity index (χ2v) is 30.8. The number of nitrogens with zero attached hydrogens (tertiary/aromatic N) is 1. The Balaban J connectivity index is 3.91. The number of quaternary nitrogens is 1. The van der Waals surface area contributed by atoms with Gasteiger partial charge in [-0.05, 0) is 38.5 Å². The number of carbonyl (C=O) groups is 3. The molecule has 0 bridgehead atoms. The number of carbonyl (C=O) groups excluding carboxylic acids is 3. The fourth-order valence-corrected chi connectivity index (χ4v) is 13.5. The van der Waals surface area contributed by atoms with Crippen molar-refractivity contribution >= 4 is 17.9 Å². The second-order valence-electron chi connectivity index (χ2n) is 30.8. The number of unbranched alkanes of at least 4 members (excludes halogenated alkanes) is 65. The molecule has 0 rings (SSSR count). The van der Waals surface area contributed by atoms with Gasteiger partial charge in [0.05, 0.1) is 40.3 Å². The van der Waals surface area contributed by atoms with Gasteiger partial charge in [0.1, 0.15) is 13.2 Å². The third-order valence-corrected chi connectivity index (χ3v) is 20.0. The summed E-state index contributed by atoms with van der Waals surface area (Å²) in [6.07, 6.45) is 95.2. The molecule has 0 radical (unpaired) electrons. The van der Waals surface area contributed by atoms with Crippen LogP contribution in [0.25, 0.3) is 0 Å². The van der Waals surface area contributed by atoms with Crippen LogP contribution in [0.2, 0.25) is 0 Å². The highest BCUT2D eigenvalue weighted by Crippen LogP contribution is 2.21. The van der Waals surface area contributed by atoms with Crippen LogP contribution < -0.4 is 5.11 Å². The maximum atomic E-state index is 13.0. The molecule has 0 saturated carbocycles. The number of hydrogen-bond donors (Lipinski definition) is 0. The van der Waals surface area contributed by atoms with Crippen LogP contribution in [-0.2, 0) is 33.3 Å². The fraction of sp³-hybridized carbons (Fsp3) is 0.942. The Hall–Kier alpha value is -1.97. The Kier molecular flexibility index (Phi) is 76.1. The largest absolute Gasteiger partial charge is 0.545 e. The van der Waals surface area contributed by atoms with Gasteiger partial charge in [-0.2, -0.15) is 0 Å². The molecule has 0 saturated heterocycles. The normalized spacial score (nSPS) is 12.6. The molecule has 0 amide bonds. The molecule has 0 aromatic heterocycles. The lowest BCUT2D eigenvalue weighted by Gasteiger charge is -2.26. The first-order chi connectivity index (χ1) is 46.6. The van der Waals surface area contributed by atoms with E-state index in [9.17, 15) is 19.5 Å². The summed E-state index contributed by atoms with van der Waals surface area (Å²) in [5.74, 6) is -2.24. The monoisotopic (exact) mass is 1340 g/mol. The highest BCUT2D eigenvalue weighted by molar-refractivity contribution is 5.70. The van der Waals surface area contributed by atoms with Crippen molar-refractivity contribution in [1.82, 2.24) is 0 Å². The zero-order valence-electron chi connectivity index (χ0n) is 64.8. The Morgan fingerprint density at radius 1 is 0.305 bits per heavy atom. The van der Waals surface area contributed by atoms with Crippen LogP contribution in [0.1, 0.15) is 463 Å². The van der Waals surface area contributed by atoms with Crippen molar-refractivity contribution in [1.29, 1.82) is 0 Å². The quantitative estimate of drug-likeness (QED) is 0.0195. The molecular formula is C86H167NO8. The number of hydrogen-bond acceptors (Lipinski definition) is 8. The van der Waals surface area contributed by atoms with E-state index in [1.807, 2.05) is 21.1 Å². The van der Waals surface area contributed by atoms with Crippen molar-refractivity contribution in [3.05, 3.63) is 12.2 Å². The second kappa shape index (κ2) is 77.8. The average Bonchev–Trinajstić information content (AvgIpc) is 3.75. The van der Waals surface area contributed by atoms with E-state index >= 15 is 0 Å². The average molecular weight is 1340 g/mol. The minimum absolute atomic E-state index is 0.153. The molecule has 0 heterocycles. The Morgan fingerprint density at radius 3 is 0.779 bits per heavy atom. The Bertz CT molecular complexity index is 1560. The fourth-order valence-electron chi connectivity index (χ4n) is 13.5. The molecule has 0 aliphatic carbocycles. The van der Waals surface area contributed by atoms with E-state index < -0.39 is 24.3 Å². The molecule has 0 aromatic carbocycles. The predicted molar refractivity (Wildman–Crippen MR) is 408 cm³/mol. The van der Waals surface area contributed by atoms with E-state index in [1.54, 1.807) is 0 Å². The maximum Gasteiger partial charge on any atom is 0.306 e. The molecule has 0 aliphatic rings. The summed E-state index contributed by atoms with van der Waals surface area (Å²) in [5.41, 5.74) is 0. The highest BCUT2D eigenvalue weighted by Gasteiger charge is 2.22. The SMILES string of the molecule is CCCCCCCCCC/C=C\CCCCCCCCCCCCCCCCCCCCCCCC(=O)OC(COC(=O)CCCCCCCCCCCCCCCCCCCCCCCCCCCCCCCCCCCCCCC)COC(OCC[N+](C)(C)C)C(=O)[O-]. The van der Waals surface area contributed by atoms with Gasteiger partial charge < -0.3 is 33.3 Å². The maximum absolute atomic E-state index is 13.0. The molecule has 95 heavy (non-hydrogen) atoms. The first-order valence-corrected chi connectivity index (χ1v) is 42.8. The summed E-state index contributed by atoms with van der Waals surface area (Å²) >= 11 is 0. The van der Waals surface area contributed by atoms with Crippen molar-refractivity contribution in [2.24, 2.45) is 0 Å². The highest BCUT2D eigenvalue weighted by atomic mass is 16.7. The van der Waals surface area contributed by atoms with Crippen molar-refractivity contribution < 1.29 is 42.9 Å². The number of carboxylic acids is 1. The third-order valence-electron chi connectivity index (χ3n) is 20.0. The van der Waals surface area contributed by atoms with E-state index in [-0.39, 0.29) is 32.2 Å². The van der Waals surface area contributed by atoms with E-state index in [2.05, 4.69) is 26.0 Å². The van der Waals surface area contributed by atoms with Crippen LogP contribution in [0, 0.1) is 0 Å². The van der Waals surface area contributed by atoms with Gasteiger partial charge in [0.25, 0.3) is 0 Å². The standard InChI is InChI=1S/C86H167NO8/c1-6-8-10-12-14-16-18-20-22-24-26-28-30-32-34-36-38-40-41-42-43-45-46-48-50-52-54-56-58-60-62-64-66-68-70-72-74-76-83(88)93-80-82(81-94-86(85(90)91)92-79-78-87(3,4)5)95-84(89)77-75-73-71-69-67-65-63-61-59-57-55-53-51-49-47-44-39-37-35-33-31-29-27-25-23-21-19-17-15-13-11-9-7-2/h25,27,82,86H,6-24,26,28-81H2,1-5H3/b27-25-. The third kappa shape index (κ3) is 79.2. The van der Waals surface area contributed by atoms with Gasteiger partial charge >= 0.3 is 11.9 Å². The predicted octanol–water partition coefficient (Wildman–Crippen LogP) is 26.2. The first kappa shape index (κ1) is 93.0. The molecular weight excluding hydrogens is 1170 g/mol. The number of allylic oxidation sites excluding steroid dienone is 2. The summed E-state index contributed by atoms with van der Waals surface area (Å²) in [7, 11) is 5.96. The molecule has 564 valence electrons. The topological polar surface area (TPSA) is 111 Å². The van der Waals surface area contributed by atoms with E-state index in [0.29, 0.717) is 17.4 Å². The molecule has 0 spiro atoms. The zero-order valence-corrected chi connectivity index (χ0v) is 64.8.